The minimum atomic E-state index is -0.501. The maximum absolute atomic E-state index is 13.8. The molecule has 1 aliphatic heterocycles. The van der Waals surface area contributed by atoms with Crippen molar-refractivity contribution >= 4 is 50.6 Å². The van der Waals surface area contributed by atoms with Gasteiger partial charge in [0.25, 0.3) is 0 Å². The quantitative estimate of drug-likeness (QED) is 0.600. The third-order valence-electron chi connectivity index (χ3n) is 3.99. The summed E-state index contributed by atoms with van der Waals surface area (Å²) in [6.45, 7) is 1.73. The second-order valence-corrected chi connectivity index (χ2v) is 7.14. The van der Waals surface area contributed by atoms with Crippen LogP contribution in [0.3, 0.4) is 0 Å². The van der Waals surface area contributed by atoms with Gasteiger partial charge in [0.2, 0.25) is 0 Å². The topological polar surface area (TPSA) is 38.2 Å². The molecule has 1 saturated heterocycles. The van der Waals surface area contributed by atoms with E-state index < -0.39 is 5.82 Å². The van der Waals surface area contributed by atoms with Crippen molar-refractivity contribution in [3.05, 3.63) is 51.3 Å². The van der Waals surface area contributed by atoms with Crippen LogP contribution in [0.5, 0.6) is 0 Å². The van der Waals surface area contributed by atoms with Crippen molar-refractivity contribution in [2.45, 2.75) is 6.10 Å². The molecule has 3 aromatic rings. The van der Waals surface area contributed by atoms with E-state index in [1.54, 1.807) is 17.7 Å². The number of morpholine rings is 1. The lowest BCUT2D eigenvalue weighted by molar-refractivity contribution is 0.0395. The van der Waals surface area contributed by atoms with Gasteiger partial charge in [0, 0.05) is 23.7 Å². The van der Waals surface area contributed by atoms with Crippen molar-refractivity contribution in [1.29, 1.82) is 0 Å². The molecule has 0 bridgehead atoms. The SMILES string of the molecule is Fc1cc(C2CN(c3ncnc4sccc34)CCO2)c(Cl)cc1Cl. The lowest BCUT2D eigenvalue weighted by Gasteiger charge is -2.34. The maximum atomic E-state index is 13.8. The normalized spacial score (nSPS) is 18.3. The van der Waals surface area contributed by atoms with Crippen LogP contribution in [0, 0.1) is 5.82 Å². The van der Waals surface area contributed by atoms with Gasteiger partial charge in [-0.25, -0.2) is 14.4 Å². The molecule has 1 aromatic carbocycles. The Morgan fingerprint density at radius 2 is 2.12 bits per heavy atom. The van der Waals surface area contributed by atoms with Crippen LogP contribution in [0.2, 0.25) is 10.0 Å². The highest BCUT2D eigenvalue weighted by Crippen LogP contribution is 2.35. The summed E-state index contributed by atoms with van der Waals surface area (Å²) >= 11 is 13.6. The van der Waals surface area contributed by atoms with E-state index in [0.717, 1.165) is 16.0 Å². The first-order chi connectivity index (χ1) is 11.6. The van der Waals surface area contributed by atoms with E-state index in [0.29, 0.717) is 30.3 Å². The summed E-state index contributed by atoms with van der Waals surface area (Å²) in [6, 6.07) is 4.77. The van der Waals surface area contributed by atoms with Crippen molar-refractivity contribution < 1.29 is 9.13 Å². The molecule has 4 nitrogen and oxygen atoms in total. The molecule has 0 radical (unpaired) electrons. The lowest BCUT2D eigenvalue weighted by atomic mass is 10.1. The largest absolute Gasteiger partial charge is 0.370 e. The summed E-state index contributed by atoms with van der Waals surface area (Å²) in [6.07, 6.45) is 1.22. The van der Waals surface area contributed by atoms with Gasteiger partial charge in [0.05, 0.1) is 17.0 Å². The van der Waals surface area contributed by atoms with Gasteiger partial charge in [0.15, 0.2) is 0 Å². The summed E-state index contributed by atoms with van der Waals surface area (Å²) in [5.41, 5.74) is 0.596. The molecule has 0 amide bonds. The van der Waals surface area contributed by atoms with Gasteiger partial charge >= 0.3 is 0 Å². The van der Waals surface area contributed by atoms with E-state index in [4.69, 9.17) is 27.9 Å². The molecule has 124 valence electrons. The van der Waals surface area contributed by atoms with Crippen LogP contribution in [0.1, 0.15) is 11.7 Å². The van der Waals surface area contributed by atoms with Crippen molar-refractivity contribution in [3.8, 4) is 0 Å². The molecular formula is C16H12Cl2FN3OS. The number of rotatable bonds is 2. The average molecular weight is 384 g/mol. The van der Waals surface area contributed by atoms with Crippen molar-refractivity contribution in [3.63, 3.8) is 0 Å². The Hall–Kier alpha value is -1.47. The van der Waals surface area contributed by atoms with Gasteiger partial charge in [-0.05, 0) is 23.6 Å². The van der Waals surface area contributed by atoms with Gasteiger partial charge in [-0.1, -0.05) is 23.2 Å². The van der Waals surface area contributed by atoms with Crippen LogP contribution in [0.25, 0.3) is 10.2 Å². The Balaban J connectivity index is 1.67. The third-order valence-corrected chi connectivity index (χ3v) is 5.43. The molecule has 1 unspecified atom stereocenters. The number of aromatic nitrogens is 2. The first-order valence-corrected chi connectivity index (χ1v) is 8.96. The van der Waals surface area contributed by atoms with Crippen LogP contribution in [-0.4, -0.2) is 29.7 Å². The molecule has 0 N–H and O–H groups in total. The summed E-state index contributed by atoms with van der Waals surface area (Å²) in [7, 11) is 0. The van der Waals surface area contributed by atoms with E-state index in [2.05, 4.69) is 14.9 Å². The standard InChI is InChI=1S/C16H12Cl2FN3OS/c17-11-6-12(18)13(19)5-10(11)14-7-22(2-3-23-14)15-9-1-4-24-16(9)21-8-20-15/h1,4-6,8,14H,2-3,7H2. The number of halogens is 3. The summed E-state index contributed by atoms with van der Waals surface area (Å²) < 4.78 is 19.6. The molecule has 4 rings (SSSR count). The zero-order valence-corrected chi connectivity index (χ0v) is 14.7. The van der Waals surface area contributed by atoms with Gasteiger partial charge in [0.1, 0.15) is 28.9 Å². The molecule has 1 aliphatic rings. The molecule has 8 heteroatoms. The molecular weight excluding hydrogens is 372 g/mol. The van der Waals surface area contributed by atoms with E-state index in [1.807, 2.05) is 11.4 Å². The zero-order chi connectivity index (χ0) is 16.7. The summed E-state index contributed by atoms with van der Waals surface area (Å²) in [5, 5.41) is 3.41. The van der Waals surface area contributed by atoms with Crippen molar-refractivity contribution in [1.82, 2.24) is 9.97 Å². The predicted octanol–water partition coefficient (Wildman–Crippen LogP) is 4.72. The predicted molar refractivity (Wildman–Crippen MR) is 94.7 cm³/mol. The Kier molecular flexibility index (Phi) is 4.30. The first kappa shape index (κ1) is 16.0. The second kappa shape index (κ2) is 6.44. The Morgan fingerprint density at radius 3 is 3.00 bits per heavy atom. The van der Waals surface area contributed by atoms with E-state index >= 15 is 0 Å². The van der Waals surface area contributed by atoms with E-state index in [1.165, 1.54) is 12.1 Å². The molecule has 0 spiro atoms. The third kappa shape index (κ3) is 2.84. The van der Waals surface area contributed by atoms with E-state index in [-0.39, 0.29) is 11.1 Å². The van der Waals surface area contributed by atoms with Crippen LogP contribution >= 0.6 is 34.5 Å². The average Bonchev–Trinajstić information content (AvgIpc) is 3.07. The van der Waals surface area contributed by atoms with Crippen LogP contribution in [0.4, 0.5) is 10.2 Å². The monoisotopic (exact) mass is 383 g/mol. The molecule has 3 heterocycles. The molecule has 0 aliphatic carbocycles. The molecule has 2 aromatic heterocycles. The number of nitrogens with zero attached hydrogens (tertiary/aromatic N) is 3. The highest BCUT2D eigenvalue weighted by Gasteiger charge is 2.26. The summed E-state index contributed by atoms with van der Waals surface area (Å²) in [4.78, 5) is 11.8. The van der Waals surface area contributed by atoms with E-state index in [9.17, 15) is 4.39 Å². The van der Waals surface area contributed by atoms with Gasteiger partial charge in [-0.15, -0.1) is 11.3 Å². The fourth-order valence-electron chi connectivity index (χ4n) is 2.84. The Labute approximate surface area is 151 Å². The molecule has 24 heavy (non-hydrogen) atoms. The van der Waals surface area contributed by atoms with Crippen molar-refractivity contribution in [2.24, 2.45) is 0 Å². The van der Waals surface area contributed by atoms with Gasteiger partial charge < -0.3 is 9.64 Å². The van der Waals surface area contributed by atoms with Crippen LogP contribution in [0.15, 0.2) is 29.9 Å². The fourth-order valence-corrected chi connectivity index (χ4v) is 4.08. The highest BCUT2D eigenvalue weighted by molar-refractivity contribution is 7.16. The number of anilines is 1. The highest BCUT2D eigenvalue weighted by atomic mass is 35.5. The number of hydrogen-bond donors (Lipinski definition) is 0. The number of ether oxygens (including phenoxy) is 1. The summed E-state index contributed by atoms with van der Waals surface area (Å²) in [5.74, 6) is 0.360. The molecule has 0 saturated carbocycles. The number of hydrogen-bond acceptors (Lipinski definition) is 5. The minimum absolute atomic E-state index is 0.00666. The Morgan fingerprint density at radius 1 is 1.25 bits per heavy atom. The number of benzene rings is 1. The number of fused-ring (bicyclic) bond motifs is 1. The maximum Gasteiger partial charge on any atom is 0.142 e. The second-order valence-electron chi connectivity index (χ2n) is 5.43. The molecule has 1 atom stereocenters. The fraction of sp³-hybridized carbons (Fsp3) is 0.250. The smallest absolute Gasteiger partial charge is 0.142 e. The first-order valence-electron chi connectivity index (χ1n) is 7.32. The number of thiophene rings is 1. The lowest BCUT2D eigenvalue weighted by Crippen LogP contribution is -2.39. The van der Waals surface area contributed by atoms with Crippen LogP contribution < -0.4 is 4.90 Å². The molecule has 1 fully saturated rings. The van der Waals surface area contributed by atoms with Gasteiger partial charge in [-0.2, -0.15) is 0 Å². The van der Waals surface area contributed by atoms with Crippen LogP contribution in [-0.2, 0) is 4.74 Å². The Bertz CT molecular complexity index is 904. The zero-order valence-electron chi connectivity index (χ0n) is 12.4. The minimum Gasteiger partial charge on any atom is -0.370 e. The van der Waals surface area contributed by atoms with Gasteiger partial charge in [-0.3, -0.25) is 0 Å². The van der Waals surface area contributed by atoms with Crippen molar-refractivity contribution in [2.75, 3.05) is 24.6 Å².